The molecular weight excluding hydrogens is 476 g/mol. The number of halogens is 2. The molecule has 0 spiro atoms. The maximum atomic E-state index is 13.2. The minimum absolute atomic E-state index is 0.110. The third-order valence-electron chi connectivity index (χ3n) is 4.20. The van der Waals surface area contributed by atoms with Gasteiger partial charge in [-0.05, 0) is 67.1 Å². The summed E-state index contributed by atoms with van der Waals surface area (Å²) in [6, 6.07) is 19.8. The second-order valence-electron chi connectivity index (χ2n) is 6.31. The van der Waals surface area contributed by atoms with Gasteiger partial charge in [0.2, 0.25) is 5.91 Å². The molecule has 5 nitrogen and oxygen atoms in total. The fraction of sp³-hybridized carbons (Fsp3) is 0.0952. The molecule has 29 heavy (non-hydrogen) atoms. The number of benzene rings is 3. The summed E-state index contributed by atoms with van der Waals surface area (Å²) in [5.41, 5.74) is 1.75. The van der Waals surface area contributed by atoms with Crippen LogP contribution in [0, 0.1) is 6.92 Å². The largest absolute Gasteiger partial charge is 0.324 e. The van der Waals surface area contributed by atoms with Gasteiger partial charge < -0.3 is 5.32 Å². The minimum atomic E-state index is -3.94. The summed E-state index contributed by atoms with van der Waals surface area (Å²) in [6.07, 6.45) is 0. The molecule has 3 rings (SSSR count). The number of sulfonamides is 1. The Morgan fingerprint density at radius 2 is 1.69 bits per heavy atom. The molecule has 0 saturated carbocycles. The summed E-state index contributed by atoms with van der Waals surface area (Å²) in [6.45, 7) is 1.44. The molecule has 0 unspecified atom stereocenters. The highest BCUT2D eigenvalue weighted by molar-refractivity contribution is 9.10. The molecule has 3 aromatic rings. The quantitative estimate of drug-likeness (QED) is 0.510. The van der Waals surface area contributed by atoms with E-state index in [1.54, 1.807) is 60.7 Å². The molecule has 0 fully saturated rings. The van der Waals surface area contributed by atoms with Crippen LogP contribution in [0.2, 0.25) is 5.02 Å². The van der Waals surface area contributed by atoms with E-state index in [4.69, 9.17) is 11.6 Å². The maximum Gasteiger partial charge on any atom is 0.264 e. The van der Waals surface area contributed by atoms with E-state index in [9.17, 15) is 13.2 Å². The number of amides is 1. The number of aryl methyl sites for hydroxylation is 1. The first-order chi connectivity index (χ1) is 13.8. The first kappa shape index (κ1) is 21.4. The fourth-order valence-electron chi connectivity index (χ4n) is 2.73. The predicted octanol–water partition coefficient (Wildman–Crippen LogP) is 5.24. The lowest BCUT2D eigenvalue weighted by Gasteiger charge is -2.24. The van der Waals surface area contributed by atoms with Crippen molar-refractivity contribution in [2.24, 2.45) is 0 Å². The van der Waals surface area contributed by atoms with Gasteiger partial charge in [0.25, 0.3) is 10.0 Å². The molecule has 0 radical (unpaired) electrons. The van der Waals surface area contributed by atoms with E-state index in [0.717, 1.165) is 14.3 Å². The minimum Gasteiger partial charge on any atom is -0.324 e. The van der Waals surface area contributed by atoms with Crippen molar-refractivity contribution in [3.05, 3.63) is 87.9 Å². The molecule has 8 heteroatoms. The molecule has 1 amide bonds. The molecule has 0 aliphatic rings. The van der Waals surface area contributed by atoms with Crippen molar-refractivity contribution in [2.45, 2.75) is 11.8 Å². The van der Waals surface area contributed by atoms with E-state index < -0.39 is 15.9 Å². The standard InChI is InChI=1S/C21H18BrClN2O3S/c1-15-13-17(23)9-12-20(15)24-21(26)14-25(18-10-7-16(22)8-11-18)29(27,28)19-5-3-2-4-6-19/h2-13H,14H2,1H3,(H,24,26). The van der Waals surface area contributed by atoms with Crippen molar-refractivity contribution in [1.82, 2.24) is 0 Å². The number of nitrogens with one attached hydrogen (secondary N) is 1. The average Bonchev–Trinajstić information content (AvgIpc) is 2.70. The first-order valence-electron chi connectivity index (χ1n) is 8.67. The summed E-state index contributed by atoms with van der Waals surface area (Å²) < 4.78 is 28.4. The molecule has 0 heterocycles. The van der Waals surface area contributed by atoms with Crippen LogP contribution in [-0.2, 0) is 14.8 Å². The number of carbonyl (C=O) groups is 1. The zero-order valence-electron chi connectivity index (χ0n) is 15.5. The van der Waals surface area contributed by atoms with Crippen molar-refractivity contribution in [3.63, 3.8) is 0 Å². The van der Waals surface area contributed by atoms with Crippen LogP contribution in [0.15, 0.2) is 82.2 Å². The molecule has 0 aliphatic carbocycles. The fourth-order valence-corrected chi connectivity index (χ4v) is 4.66. The van der Waals surface area contributed by atoms with Crippen LogP contribution in [0.1, 0.15) is 5.56 Å². The zero-order valence-corrected chi connectivity index (χ0v) is 18.6. The van der Waals surface area contributed by atoms with Crippen LogP contribution in [-0.4, -0.2) is 20.9 Å². The molecule has 0 aliphatic heterocycles. The van der Waals surface area contributed by atoms with Crippen LogP contribution in [0.4, 0.5) is 11.4 Å². The van der Waals surface area contributed by atoms with Crippen molar-refractivity contribution in [1.29, 1.82) is 0 Å². The Balaban J connectivity index is 1.93. The summed E-state index contributed by atoms with van der Waals surface area (Å²) in [4.78, 5) is 12.8. The van der Waals surface area contributed by atoms with Gasteiger partial charge in [0.05, 0.1) is 10.6 Å². The molecule has 0 aromatic heterocycles. The topological polar surface area (TPSA) is 66.5 Å². The van der Waals surface area contributed by atoms with Gasteiger partial charge in [0.1, 0.15) is 6.54 Å². The molecule has 0 saturated heterocycles. The molecule has 150 valence electrons. The predicted molar refractivity (Wildman–Crippen MR) is 120 cm³/mol. The van der Waals surface area contributed by atoms with Crippen molar-refractivity contribution >= 4 is 54.8 Å². The molecule has 3 aromatic carbocycles. The molecule has 1 N–H and O–H groups in total. The molecule has 0 bridgehead atoms. The highest BCUT2D eigenvalue weighted by Crippen LogP contribution is 2.26. The van der Waals surface area contributed by atoms with Gasteiger partial charge in [-0.25, -0.2) is 8.42 Å². The first-order valence-corrected chi connectivity index (χ1v) is 11.3. The van der Waals surface area contributed by atoms with E-state index in [2.05, 4.69) is 21.2 Å². The Morgan fingerprint density at radius 3 is 2.31 bits per heavy atom. The number of hydrogen-bond donors (Lipinski definition) is 1. The maximum absolute atomic E-state index is 13.2. The summed E-state index contributed by atoms with van der Waals surface area (Å²) >= 11 is 9.29. The second-order valence-corrected chi connectivity index (χ2v) is 9.52. The lowest BCUT2D eigenvalue weighted by molar-refractivity contribution is -0.114. The van der Waals surface area contributed by atoms with Crippen LogP contribution < -0.4 is 9.62 Å². The zero-order chi connectivity index (χ0) is 21.0. The van der Waals surface area contributed by atoms with Gasteiger partial charge in [0.15, 0.2) is 0 Å². The number of anilines is 2. The SMILES string of the molecule is Cc1cc(Cl)ccc1NC(=O)CN(c1ccc(Br)cc1)S(=O)(=O)c1ccccc1. The van der Waals surface area contributed by atoms with E-state index >= 15 is 0 Å². The van der Waals surface area contributed by atoms with E-state index in [1.807, 2.05) is 6.92 Å². The van der Waals surface area contributed by atoms with Crippen LogP contribution >= 0.6 is 27.5 Å². The Hall–Kier alpha value is -2.35. The van der Waals surface area contributed by atoms with Crippen LogP contribution in [0.5, 0.6) is 0 Å². The van der Waals surface area contributed by atoms with Crippen molar-refractivity contribution < 1.29 is 13.2 Å². The van der Waals surface area contributed by atoms with E-state index in [1.165, 1.54) is 12.1 Å². The third kappa shape index (κ3) is 5.18. The van der Waals surface area contributed by atoms with Crippen molar-refractivity contribution in [2.75, 3.05) is 16.2 Å². The molecule has 0 atom stereocenters. The average molecular weight is 494 g/mol. The summed E-state index contributed by atoms with van der Waals surface area (Å²) in [5.74, 6) is -0.460. The monoisotopic (exact) mass is 492 g/mol. The second kappa shape index (κ2) is 8.98. The van der Waals surface area contributed by atoms with Gasteiger partial charge >= 0.3 is 0 Å². The normalized spacial score (nSPS) is 11.1. The molecular formula is C21H18BrClN2O3S. The number of hydrogen-bond acceptors (Lipinski definition) is 3. The van der Waals surface area contributed by atoms with Gasteiger partial charge in [-0.1, -0.05) is 45.7 Å². The lowest BCUT2D eigenvalue weighted by Crippen LogP contribution is -2.38. The van der Waals surface area contributed by atoms with E-state index in [-0.39, 0.29) is 11.4 Å². The Bertz CT molecular complexity index is 1120. The van der Waals surface area contributed by atoms with Gasteiger partial charge in [-0.15, -0.1) is 0 Å². The van der Waals surface area contributed by atoms with Gasteiger partial charge in [-0.3, -0.25) is 9.10 Å². The third-order valence-corrected chi connectivity index (χ3v) is 6.75. The van der Waals surface area contributed by atoms with Crippen LogP contribution in [0.25, 0.3) is 0 Å². The number of rotatable bonds is 6. The van der Waals surface area contributed by atoms with Crippen LogP contribution in [0.3, 0.4) is 0 Å². The Kier molecular flexibility index (Phi) is 6.62. The Labute approximate surface area is 183 Å². The van der Waals surface area contributed by atoms with E-state index in [0.29, 0.717) is 16.4 Å². The highest BCUT2D eigenvalue weighted by Gasteiger charge is 2.27. The summed E-state index contributed by atoms with van der Waals surface area (Å²) in [7, 11) is -3.94. The van der Waals surface area contributed by atoms with Gasteiger partial charge in [-0.2, -0.15) is 0 Å². The Morgan fingerprint density at radius 1 is 1.03 bits per heavy atom. The summed E-state index contributed by atoms with van der Waals surface area (Å²) in [5, 5.41) is 3.32. The van der Waals surface area contributed by atoms with Crippen molar-refractivity contribution in [3.8, 4) is 0 Å². The number of carbonyl (C=O) groups excluding carboxylic acids is 1. The number of nitrogens with zero attached hydrogens (tertiary/aromatic N) is 1. The smallest absolute Gasteiger partial charge is 0.264 e. The highest BCUT2D eigenvalue weighted by atomic mass is 79.9. The van der Waals surface area contributed by atoms with Gasteiger partial charge in [0, 0.05) is 15.2 Å². The lowest BCUT2D eigenvalue weighted by atomic mass is 10.2.